The minimum Gasteiger partial charge on any atom is -0.481 e. The molecule has 0 radical (unpaired) electrons. The maximum absolute atomic E-state index is 13.6. The van der Waals surface area contributed by atoms with E-state index in [0.29, 0.717) is 5.02 Å². The predicted molar refractivity (Wildman–Crippen MR) is 67.2 cm³/mol. The minimum atomic E-state index is -0.390. The van der Waals surface area contributed by atoms with E-state index >= 15 is 0 Å². The van der Waals surface area contributed by atoms with Crippen molar-refractivity contribution in [2.75, 3.05) is 13.1 Å². The van der Waals surface area contributed by atoms with Crippen LogP contribution in [0.5, 0.6) is 5.75 Å². The highest BCUT2D eigenvalue weighted by atomic mass is 35.5. The Morgan fingerprint density at radius 2 is 2.24 bits per heavy atom. The second-order valence-corrected chi connectivity index (χ2v) is 4.92. The van der Waals surface area contributed by atoms with Gasteiger partial charge in [-0.25, -0.2) is 4.39 Å². The van der Waals surface area contributed by atoms with Gasteiger partial charge in [0.2, 0.25) is 0 Å². The third-order valence-electron chi connectivity index (χ3n) is 2.92. The van der Waals surface area contributed by atoms with Gasteiger partial charge in [0.15, 0.2) is 11.6 Å². The molecule has 0 saturated heterocycles. The van der Waals surface area contributed by atoms with Crippen LogP contribution in [-0.2, 0) is 0 Å². The summed E-state index contributed by atoms with van der Waals surface area (Å²) < 4.78 is 19.3. The normalized spacial score (nSPS) is 16.9. The molecule has 1 aromatic carbocycles. The van der Waals surface area contributed by atoms with E-state index < -0.39 is 0 Å². The third kappa shape index (κ3) is 3.11. The van der Waals surface area contributed by atoms with E-state index in [1.807, 2.05) is 0 Å². The van der Waals surface area contributed by atoms with Gasteiger partial charge in [-0.3, -0.25) is 0 Å². The lowest BCUT2D eigenvalue weighted by Gasteiger charge is -2.19. The highest BCUT2D eigenvalue weighted by molar-refractivity contribution is 6.32. The fourth-order valence-electron chi connectivity index (χ4n) is 1.74. The molecule has 0 aliphatic heterocycles. The van der Waals surface area contributed by atoms with Crippen LogP contribution in [0.3, 0.4) is 0 Å². The van der Waals surface area contributed by atoms with E-state index in [1.165, 1.54) is 6.07 Å². The lowest BCUT2D eigenvalue weighted by molar-refractivity contribution is 0.168. The molecule has 0 spiro atoms. The number of rotatable bonds is 6. The predicted octanol–water partition coefficient (Wildman–Crippen LogP) is 3.39. The maximum atomic E-state index is 13.6. The molecule has 4 heteroatoms. The SMILES string of the molecule is CCCNCC1(Oc2c(F)cccc2Cl)CC1. The topological polar surface area (TPSA) is 21.3 Å². The molecule has 0 amide bonds. The van der Waals surface area contributed by atoms with E-state index in [0.717, 1.165) is 32.4 Å². The molecule has 17 heavy (non-hydrogen) atoms. The number of hydrogen-bond acceptors (Lipinski definition) is 2. The first-order valence-electron chi connectivity index (χ1n) is 6.01. The zero-order valence-corrected chi connectivity index (χ0v) is 10.7. The fraction of sp³-hybridized carbons (Fsp3) is 0.538. The van der Waals surface area contributed by atoms with Gasteiger partial charge in [-0.2, -0.15) is 0 Å². The van der Waals surface area contributed by atoms with E-state index in [2.05, 4.69) is 12.2 Å². The summed E-state index contributed by atoms with van der Waals surface area (Å²) >= 11 is 5.94. The van der Waals surface area contributed by atoms with Crippen molar-refractivity contribution < 1.29 is 9.13 Å². The molecule has 1 N–H and O–H groups in total. The highest BCUT2D eigenvalue weighted by Crippen LogP contribution is 2.42. The molecule has 0 bridgehead atoms. The lowest BCUT2D eigenvalue weighted by atomic mass is 10.3. The lowest BCUT2D eigenvalue weighted by Crippen LogP contribution is -2.34. The molecule has 1 aromatic rings. The number of hydrogen-bond donors (Lipinski definition) is 1. The van der Waals surface area contributed by atoms with Gasteiger partial charge in [-0.1, -0.05) is 24.6 Å². The standard InChI is InChI=1S/C13H17ClFNO/c1-2-8-16-9-13(6-7-13)17-12-10(14)4-3-5-11(12)15/h3-5,16H,2,6-9H2,1H3. The molecule has 0 heterocycles. The van der Waals surface area contributed by atoms with E-state index in [1.54, 1.807) is 12.1 Å². The number of ether oxygens (including phenoxy) is 1. The van der Waals surface area contributed by atoms with E-state index in [4.69, 9.17) is 16.3 Å². The summed E-state index contributed by atoms with van der Waals surface area (Å²) in [5.41, 5.74) is -0.249. The molecule has 2 nitrogen and oxygen atoms in total. The summed E-state index contributed by atoms with van der Waals surface area (Å²) in [6, 6.07) is 4.60. The number of nitrogens with one attached hydrogen (secondary N) is 1. The molecule has 2 rings (SSSR count). The second kappa shape index (κ2) is 5.23. The Morgan fingerprint density at radius 3 is 2.82 bits per heavy atom. The molecule has 1 saturated carbocycles. The van der Waals surface area contributed by atoms with Crippen molar-refractivity contribution in [3.63, 3.8) is 0 Å². The van der Waals surface area contributed by atoms with Crippen molar-refractivity contribution in [3.05, 3.63) is 29.0 Å². The van der Waals surface area contributed by atoms with Crippen LogP contribution < -0.4 is 10.1 Å². The average Bonchev–Trinajstić information content (AvgIpc) is 3.05. The van der Waals surface area contributed by atoms with E-state index in [-0.39, 0.29) is 17.2 Å². The Bertz CT molecular complexity index is 373. The molecule has 0 unspecified atom stereocenters. The Balaban J connectivity index is 2.00. The Labute approximate surface area is 106 Å². The molecular weight excluding hydrogens is 241 g/mol. The van der Waals surface area contributed by atoms with Crippen LogP contribution in [0.4, 0.5) is 4.39 Å². The van der Waals surface area contributed by atoms with Crippen LogP contribution in [0, 0.1) is 5.82 Å². The van der Waals surface area contributed by atoms with Crippen molar-refractivity contribution >= 4 is 11.6 Å². The molecule has 1 aliphatic carbocycles. The summed E-state index contributed by atoms with van der Waals surface area (Å²) in [7, 11) is 0. The van der Waals surface area contributed by atoms with E-state index in [9.17, 15) is 4.39 Å². The van der Waals surface area contributed by atoms with Gasteiger partial charge in [-0.15, -0.1) is 0 Å². The molecule has 0 aromatic heterocycles. The van der Waals surface area contributed by atoms with Gasteiger partial charge in [-0.05, 0) is 37.9 Å². The Morgan fingerprint density at radius 1 is 1.47 bits per heavy atom. The van der Waals surface area contributed by atoms with Crippen molar-refractivity contribution in [3.8, 4) is 5.75 Å². The second-order valence-electron chi connectivity index (χ2n) is 4.51. The Kier molecular flexibility index (Phi) is 3.89. The largest absolute Gasteiger partial charge is 0.481 e. The quantitative estimate of drug-likeness (QED) is 0.789. The van der Waals surface area contributed by atoms with Gasteiger partial charge in [0.05, 0.1) is 5.02 Å². The third-order valence-corrected chi connectivity index (χ3v) is 3.22. The van der Waals surface area contributed by atoms with Gasteiger partial charge >= 0.3 is 0 Å². The summed E-state index contributed by atoms with van der Waals surface area (Å²) in [6.45, 7) is 3.82. The van der Waals surface area contributed by atoms with Crippen LogP contribution in [0.2, 0.25) is 5.02 Å². The summed E-state index contributed by atoms with van der Waals surface area (Å²) in [4.78, 5) is 0. The van der Waals surface area contributed by atoms with Crippen molar-refractivity contribution in [1.82, 2.24) is 5.32 Å². The first-order chi connectivity index (χ1) is 8.17. The first-order valence-corrected chi connectivity index (χ1v) is 6.38. The van der Waals surface area contributed by atoms with Crippen LogP contribution in [0.1, 0.15) is 26.2 Å². The van der Waals surface area contributed by atoms with Crippen LogP contribution in [0.15, 0.2) is 18.2 Å². The number of benzene rings is 1. The molecule has 1 fully saturated rings. The summed E-state index contributed by atoms with van der Waals surface area (Å²) in [5.74, 6) is -0.204. The highest BCUT2D eigenvalue weighted by Gasteiger charge is 2.45. The average molecular weight is 258 g/mol. The van der Waals surface area contributed by atoms with Crippen LogP contribution in [0.25, 0.3) is 0 Å². The van der Waals surface area contributed by atoms with Crippen LogP contribution in [-0.4, -0.2) is 18.7 Å². The monoisotopic (exact) mass is 257 g/mol. The fourth-order valence-corrected chi connectivity index (χ4v) is 1.95. The van der Waals surface area contributed by atoms with Gasteiger partial charge in [0.25, 0.3) is 0 Å². The van der Waals surface area contributed by atoms with Crippen LogP contribution >= 0.6 is 11.6 Å². The zero-order valence-electron chi connectivity index (χ0n) is 9.93. The smallest absolute Gasteiger partial charge is 0.174 e. The zero-order chi connectivity index (χ0) is 12.3. The Hall–Kier alpha value is -0.800. The minimum absolute atomic E-state index is 0.185. The number of halogens is 2. The van der Waals surface area contributed by atoms with Gasteiger partial charge in [0.1, 0.15) is 5.60 Å². The maximum Gasteiger partial charge on any atom is 0.174 e. The van der Waals surface area contributed by atoms with Crippen molar-refractivity contribution in [2.45, 2.75) is 31.8 Å². The summed E-state index contributed by atoms with van der Waals surface area (Å²) in [6.07, 6.45) is 2.99. The molecule has 0 atom stereocenters. The van der Waals surface area contributed by atoms with Crippen molar-refractivity contribution in [1.29, 1.82) is 0 Å². The molecule has 1 aliphatic rings. The molecule has 94 valence electrons. The first kappa shape index (κ1) is 12.7. The van der Waals surface area contributed by atoms with Gasteiger partial charge in [0, 0.05) is 6.54 Å². The van der Waals surface area contributed by atoms with Crippen molar-refractivity contribution in [2.24, 2.45) is 0 Å². The summed E-state index contributed by atoms with van der Waals surface area (Å²) in [5, 5.41) is 3.65. The molecular formula is C13H17ClFNO. The van der Waals surface area contributed by atoms with Gasteiger partial charge < -0.3 is 10.1 Å². The number of para-hydroxylation sites is 1.